The standard InChI is InChI=1S/C26H32FN3O/c1-15-11-17(3)16(2)5-6-19(12-15)13-24-26(28-18(4)31)30-23-10-7-20-14-21(27)8-9-22(20)25(23)29-24/h8-9,14-15,19H,5-7,10-13H2,1-4H3,(H,28,30,31)/b17-16+. The molecule has 1 heterocycles. The number of halogens is 1. The zero-order valence-electron chi connectivity index (χ0n) is 19.0. The highest BCUT2D eigenvalue weighted by Crippen LogP contribution is 2.36. The summed E-state index contributed by atoms with van der Waals surface area (Å²) in [4.78, 5) is 21.7. The number of carbonyl (C=O) groups excluding carboxylic acids is 1. The fourth-order valence-electron chi connectivity index (χ4n) is 5.12. The van der Waals surface area contributed by atoms with Crippen molar-refractivity contribution in [3.05, 3.63) is 52.1 Å². The van der Waals surface area contributed by atoms with Crippen LogP contribution in [0.5, 0.6) is 0 Å². The molecule has 0 fully saturated rings. The van der Waals surface area contributed by atoms with Crippen molar-refractivity contribution < 1.29 is 9.18 Å². The van der Waals surface area contributed by atoms with Gasteiger partial charge in [0.05, 0.1) is 17.1 Å². The van der Waals surface area contributed by atoms with E-state index in [4.69, 9.17) is 9.97 Å². The second kappa shape index (κ2) is 8.89. The van der Waals surface area contributed by atoms with Crippen molar-refractivity contribution >= 4 is 11.7 Å². The van der Waals surface area contributed by atoms with Gasteiger partial charge in [-0.3, -0.25) is 4.79 Å². The van der Waals surface area contributed by atoms with Crippen LogP contribution < -0.4 is 5.32 Å². The molecule has 31 heavy (non-hydrogen) atoms. The largest absolute Gasteiger partial charge is 0.309 e. The maximum Gasteiger partial charge on any atom is 0.222 e. The highest BCUT2D eigenvalue weighted by atomic mass is 19.1. The van der Waals surface area contributed by atoms with Crippen LogP contribution in [0.15, 0.2) is 29.3 Å². The summed E-state index contributed by atoms with van der Waals surface area (Å²) in [6.07, 6.45) is 6.75. The number of amides is 1. The summed E-state index contributed by atoms with van der Waals surface area (Å²) in [5.74, 6) is 1.37. The Bertz CT molecular complexity index is 1040. The summed E-state index contributed by atoms with van der Waals surface area (Å²) >= 11 is 0. The molecule has 2 aromatic rings. The molecule has 0 aliphatic heterocycles. The summed E-state index contributed by atoms with van der Waals surface area (Å²) < 4.78 is 13.7. The minimum absolute atomic E-state index is 0.130. The van der Waals surface area contributed by atoms with Gasteiger partial charge in [0.1, 0.15) is 5.82 Å². The summed E-state index contributed by atoms with van der Waals surface area (Å²) in [5.41, 5.74) is 7.56. The first-order valence-electron chi connectivity index (χ1n) is 11.4. The maximum atomic E-state index is 13.7. The topological polar surface area (TPSA) is 54.9 Å². The smallest absolute Gasteiger partial charge is 0.222 e. The molecule has 2 aliphatic rings. The molecule has 0 saturated carbocycles. The average molecular weight is 422 g/mol. The molecule has 1 amide bonds. The molecule has 0 saturated heterocycles. The van der Waals surface area contributed by atoms with E-state index in [-0.39, 0.29) is 11.7 Å². The van der Waals surface area contributed by atoms with Gasteiger partial charge in [0.25, 0.3) is 0 Å². The molecule has 0 radical (unpaired) electrons. The number of aromatic nitrogens is 2. The van der Waals surface area contributed by atoms with Crippen LogP contribution in [-0.2, 0) is 24.1 Å². The van der Waals surface area contributed by atoms with E-state index < -0.39 is 0 Å². The van der Waals surface area contributed by atoms with Crippen LogP contribution in [-0.4, -0.2) is 15.9 Å². The lowest BCUT2D eigenvalue weighted by atomic mass is 9.81. The maximum absolute atomic E-state index is 13.7. The van der Waals surface area contributed by atoms with Crippen LogP contribution in [0.2, 0.25) is 0 Å². The predicted molar refractivity (Wildman–Crippen MR) is 122 cm³/mol. The van der Waals surface area contributed by atoms with Crippen LogP contribution in [0.25, 0.3) is 11.3 Å². The van der Waals surface area contributed by atoms with E-state index in [1.165, 1.54) is 24.1 Å². The molecule has 2 atom stereocenters. The van der Waals surface area contributed by atoms with Gasteiger partial charge < -0.3 is 5.32 Å². The highest BCUT2D eigenvalue weighted by molar-refractivity contribution is 5.88. The molecular formula is C26H32FN3O. The van der Waals surface area contributed by atoms with E-state index in [2.05, 4.69) is 26.1 Å². The van der Waals surface area contributed by atoms with Crippen molar-refractivity contribution in [2.24, 2.45) is 11.8 Å². The third-order valence-corrected chi connectivity index (χ3v) is 6.82. The van der Waals surface area contributed by atoms with E-state index in [0.29, 0.717) is 24.1 Å². The molecule has 0 spiro atoms. The number of anilines is 1. The minimum atomic E-state index is -0.215. The van der Waals surface area contributed by atoms with Gasteiger partial charge in [-0.25, -0.2) is 14.4 Å². The number of hydrogen-bond acceptors (Lipinski definition) is 3. The SMILES string of the molecule is CC(=O)Nc1nc2c(nc1CC1CC/C(C)=C(\C)CC(C)C1)-c1ccc(F)cc1CC2. The van der Waals surface area contributed by atoms with Gasteiger partial charge in [-0.15, -0.1) is 0 Å². The molecule has 1 aromatic carbocycles. The Morgan fingerprint density at radius 3 is 2.74 bits per heavy atom. The van der Waals surface area contributed by atoms with Crippen LogP contribution in [0.3, 0.4) is 0 Å². The van der Waals surface area contributed by atoms with Crippen LogP contribution >= 0.6 is 0 Å². The Labute approximate surface area is 184 Å². The quantitative estimate of drug-likeness (QED) is 0.614. The monoisotopic (exact) mass is 421 g/mol. The normalized spacial score (nSPS) is 23.4. The number of benzene rings is 1. The number of fused-ring (bicyclic) bond motifs is 3. The molecule has 5 heteroatoms. The second-order valence-corrected chi connectivity index (χ2v) is 9.51. The fraction of sp³-hybridized carbons (Fsp3) is 0.500. The average Bonchev–Trinajstić information content (AvgIpc) is 2.70. The van der Waals surface area contributed by atoms with Gasteiger partial charge in [-0.2, -0.15) is 0 Å². The first-order valence-corrected chi connectivity index (χ1v) is 11.4. The van der Waals surface area contributed by atoms with Gasteiger partial charge in [-0.05, 0) is 94.4 Å². The Kier molecular flexibility index (Phi) is 6.22. The fourth-order valence-corrected chi connectivity index (χ4v) is 5.12. The zero-order valence-corrected chi connectivity index (χ0v) is 19.0. The van der Waals surface area contributed by atoms with Crippen LogP contribution in [0.1, 0.15) is 70.3 Å². The Hall–Kier alpha value is -2.56. The Morgan fingerprint density at radius 1 is 1.16 bits per heavy atom. The number of hydrogen-bond donors (Lipinski definition) is 1. The molecule has 1 aromatic heterocycles. The third kappa shape index (κ3) is 4.86. The Balaban J connectivity index is 1.70. The van der Waals surface area contributed by atoms with Gasteiger partial charge in [-0.1, -0.05) is 18.1 Å². The lowest BCUT2D eigenvalue weighted by Gasteiger charge is -2.27. The molecule has 2 aliphatic carbocycles. The molecule has 2 unspecified atom stereocenters. The molecular weight excluding hydrogens is 389 g/mol. The van der Waals surface area contributed by atoms with E-state index in [1.807, 2.05) is 6.07 Å². The van der Waals surface area contributed by atoms with Crippen molar-refractivity contribution in [1.82, 2.24) is 9.97 Å². The summed E-state index contributed by atoms with van der Waals surface area (Å²) in [5, 5.41) is 2.92. The summed E-state index contributed by atoms with van der Waals surface area (Å²) in [6, 6.07) is 4.91. The lowest BCUT2D eigenvalue weighted by molar-refractivity contribution is -0.114. The van der Waals surface area contributed by atoms with Crippen molar-refractivity contribution in [2.75, 3.05) is 5.32 Å². The highest BCUT2D eigenvalue weighted by Gasteiger charge is 2.25. The number of nitrogens with one attached hydrogen (secondary N) is 1. The van der Waals surface area contributed by atoms with Crippen molar-refractivity contribution in [1.29, 1.82) is 0 Å². The predicted octanol–water partition coefficient (Wildman–Crippen LogP) is 6.04. The van der Waals surface area contributed by atoms with Crippen molar-refractivity contribution in [3.8, 4) is 11.3 Å². The number of carbonyl (C=O) groups is 1. The number of aryl methyl sites for hydroxylation is 2. The molecule has 164 valence electrons. The van der Waals surface area contributed by atoms with Gasteiger partial charge >= 0.3 is 0 Å². The van der Waals surface area contributed by atoms with E-state index >= 15 is 0 Å². The molecule has 4 nitrogen and oxygen atoms in total. The van der Waals surface area contributed by atoms with E-state index in [1.54, 1.807) is 6.07 Å². The van der Waals surface area contributed by atoms with Gasteiger partial charge in [0.2, 0.25) is 5.91 Å². The number of nitrogens with zero attached hydrogens (tertiary/aromatic N) is 2. The van der Waals surface area contributed by atoms with Crippen LogP contribution in [0, 0.1) is 17.7 Å². The number of allylic oxidation sites excluding steroid dienone is 2. The minimum Gasteiger partial charge on any atom is -0.309 e. The summed E-state index contributed by atoms with van der Waals surface area (Å²) in [6.45, 7) is 8.35. The molecule has 1 N–H and O–H groups in total. The lowest BCUT2D eigenvalue weighted by Crippen LogP contribution is -2.19. The van der Waals surface area contributed by atoms with E-state index in [0.717, 1.165) is 66.7 Å². The summed E-state index contributed by atoms with van der Waals surface area (Å²) in [7, 11) is 0. The zero-order chi connectivity index (χ0) is 22.1. The molecule has 4 rings (SSSR count). The number of rotatable bonds is 3. The van der Waals surface area contributed by atoms with Gasteiger partial charge in [0, 0.05) is 12.5 Å². The first kappa shape index (κ1) is 21.7. The van der Waals surface area contributed by atoms with Crippen molar-refractivity contribution in [3.63, 3.8) is 0 Å². The third-order valence-electron chi connectivity index (χ3n) is 6.82. The van der Waals surface area contributed by atoms with Crippen molar-refractivity contribution in [2.45, 2.75) is 72.6 Å². The van der Waals surface area contributed by atoms with E-state index in [9.17, 15) is 9.18 Å². The Morgan fingerprint density at radius 2 is 1.97 bits per heavy atom. The molecule has 0 bridgehead atoms. The van der Waals surface area contributed by atoms with Crippen LogP contribution in [0.4, 0.5) is 10.2 Å². The van der Waals surface area contributed by atoms with Gasteiger partial charge in [0.15, 0.2) is 5.82 Å². The second-order valence-electron chi connectivity index (χ2n) is 9.51. The first-order chi connectivity index (χ1) is 14.8.